The van der Waals surface area contributed by atoms with Gasteiger partial charge in [-0.25, -0.2) is 15.0 Å². The van der Waals surface area contributed by atoms with Gasteiger partial charge in [0.15, 0.2) is 11.5 Å². The van der Waals surface area contributed by atoms with Gasteiger partial charge in [0.2, 0.25) is 0 Å². The molecular weight excluding hydrogens is 329 g/mol. The number of hydrogen-bond acceptors (Lipinski definition) is 10. The summed E-state index contributed by atoms with van der Waals surface area (Å²) in [7, 11) is -3.38. The van der Waals surface area contributed by atoms with E-state index in [1.807, 2.05) is 0 Å². The molecule has 0 amide bonds. The predicted octanol–water partition coefficient (Wildman–Crippen LogP) is -0.812. The SMILES string of the molecule is COP(=O)([O-])OC[C@H]1O[C@@H](n2cnc3c(N)ncnc32)C[C@H]1O. The number of nitrogens with zero attached hydrogens (tertiary/aromatic N) is 4. The average Bonchev–Trinajstić information content (AvgIpc) is 3.10. The largest absolute Gasteiger partial charge is 0.756 e. The zero-order chi connectivity index (χ0) is 16.6. The van der Waals surface area contributed by atoms with Gasteiger partial charge in [-0.1, -0.05) is 0 Å². The first kappa shape index (κ1) is 16.2. The van der Waals surface area contributed by atoms with Crippen molar-refractivity contribution in [2.45, 2.75) is 24.9 Å². The lowest BCUT2D eigenvalue weighted by Crippen LogP contribution is -2.27. The molecule has 1 aliphatic rings. The van der Waals surface area contributed by atoms with Crippen molar-refractivity contribution in [1.29, 1.82) is 0 Å². The van der Waals surface area contributed by atoms with Gasteiger partial charge in [0, 0.05) is 13.5 Å². The molecule has 1 aliphatic heterocycles. The minimum Gasteiger partial charge on any atom is -0.756 e. The third-order valence-electron chi connectivity index (χ3n) is 3.52. The van der Waals surface area contributed by atoms with Gasteiger partial charge in [-0.15, -0.1) is 0 Å². The van der Waals surface area contributed by atoms with Crippen LogP contribution in [0.25, 0.3) is 11.2 Å². The van der Waals surface area contributed by atoms with Gasteiger partial charge in [-0.2, -0.15) is 0 Å². The van der Waals surface area contributed by atoms with Crippen molar-refractivity contribution in [2.24, 2.45) is 0 Å². The number of phosphoric acid groups is 1. The fourth-order valence-electron chi connectivity index (χ4n) is 2.33. The Morgan fingerprint density at radius 1 is 1.57 bits per heavy atom. The Balaban J connectivity index is 1.75. The van der Waals surface area contributed by atoms with E-state index in [-0.39, 0.29) is 18.8 Å². The molecule has 0 bridgehead atoms. The molecule has 0 aliphatic carbocycles. The van der Waals surface area contributed by atoms with Crippen molar-refractivity contribution in [1.82, 2.24) is 19.5 Å². The van der Waals surface area contributed by atoms with Crippen molar-refractivity contribution in [3.63, 3.8) is 0 Å². The molecule has 1 fully saturated rings. The number of aromatic nitrogens is 4. The molecule has 2 aromatic heterocycles. The van der Waals surface area contributed by atoms with Crippen molar-refractivity contribution < 1.29 is 28.3 Å². The molecule has 23 heavy (non-hydrogen) atoms. The first-order valence-corrected chi connectivity index (χ1v) is 8.15. The van der Waals surface area contributed by atoms with Gasteiger partial charge in [0.1, 0.15) is 24.2 Å². The number of aliphatic hydroxyl groups is 1. The van der Waals surface area contributed by atoms with E-state index in [0.717, 1.165) is 7.11 Å². The highest BCUT2D eigenvalue weighted by Gasteiger charge is 2.36. The van der Waals surface area contributed by atoms with E-state index in [9.17, 15) is 14.6 Å². The molecule has 126 valence electrons. The Bertz CT molecular complexity index is 754. The molecule has 0 spiro atoms. The topological polar surface area (TPSA) is 158 Å². The van der Waals surface area contributed by atoms with Gasteiger partial charge >= 0.3 is 0 Å². The van der Waals surface area contributed by atoms with Crippen LogP contribution in [-0.4, -0.2) is 50.6 Å². The number of nitrogens with two attached hydrogens (primary N) is 1. The highest BCUT2D eigenvalue weighted by Crippen LogP contribution is 2.39. The van der Waals surface area contributed by atoms with Crippen molar-refractivity contribution >= 4 is 24.8 Å². The molecule has 1 saturated heterocycles. The normalized spacial score (nSPS) is 27.3. The smallest absolute Gasteiger partial charge is 0.267 e. The molecule has 1 unspecified atom stereocenters. The standard InChI is InChI=1S/C11H16N5O6P/c1-20-23(18,19)21-3-7-6(17)2-8(22-7)16-5-15-9-10(12)13-4-14-11(9)16/h4-8,17H,2-3H2,1H3,(H,18,19)(H2,12,13,14)/p-1/t6-,7-,8-/m1/s1. The second-order valence-electron chi connectivity index (χ2n) is 4.94. The van der Waals surface area contributed by atoms with Crippen LogP contribution in [0.4, 0.5) is 5.82 Å². The summed E-state index contributed by atoms with van der Waals surface area (Å²) in [5.41, 5.74) is 6.60. The second kappa shape index (κ2) is 6.11. The first-order chi connectivity index (χ1) is 10.9. The Morgan fingerprint density at radius 3 is 3.09 bits per heavy atom. The van der Waals surface area contributed by atoms with E-state index in [2.05, 4.69) is 24.0 Å². The molecule has 2 aromatic rings. The van der Waals surface area contributed by atoms with E-state index in [0.29, 0.717) is 11.2 Å². The number of phosphoric ester groups is 1. The third kappa shape index (κ3) is 3.20. The summed E-state index contributed by atoms with van der Waals surface area (Å²) in [6, 6.07) is 0. The van der Waals surface area contributed by atoms with E-state index in [4.69, 9.17) is 10.5 Å². The van der Waals surface area contributed by atoms with E-state index in [1.165, 1.54) is 12.7 Å². The number of imidazole rings is 1. The number of fused-ring (bicyclic) bond motifs is 1. The summed E-state index contributed by atoms with van der Waals surface area (Å²) >= 11 is 0. The van der Waals surface area contributed by atoms with Crippen LogP contribution < -0.4 is 10.6 Å². The Kier molecular flexibility index (Phi) is 4.32. The monoisotopic (exact) mass is 344 g/mol. The number of aliphatic hydroxyl groups excluding tert-OH is 1. The van der Waals surface area contributed by atoms with Gasteiger partial charge < -0.3 is 29.5 Å². The van der Waals surface area contributed by atoms with Gasteiger partial charge in [-0.3, -0.25) is 9.13 Å². The molecule has 0 radical (unpaired) electrons. The van der Waals surface area contributed by atoms with Crippen LogP contribution in [0, 0.1) is 0 Å². The fraction of sp³-hybridized carbons (Fsp3) is 0.545. The highest BCUT2D eigenvalue weighted by atomic mass is 31.2. The molecule has 4 atom stereocenters. The molecular formula is C11H15N5O6P-. The molecule has 0 aromatic carbocycles. The lowest BCUT2D eigenvalue weighted by molar-refractivity contribution is -0.226. The van der Waals surface area contributed by atoms with Gasteiger partial charge in [-0.05, 0) is 0 Å². The third-order valence-corrected chi connectivity index (χ3v) is 4.43. The van der Waals surface area contributed by atoms with Crippen molar-refractivity contribution in [3.8, 4) is 0 Å². The number of ether oxygens (including phenoxy) is 1. The molecule has 11 nitrogen and oxygen atoms in total. The van der Waals surface area contributed by atoms with E-state index >= 15 is 0 Å². The lowest BCUT2D eigenvalue weighted by Gasteiger charge is -2.23. The minimum absolute atomic E-state index is 0.222. The molecule has 12 heteroatoms. The van der Waals surface area contributed by atoms with Gasteiger partial charge in [0.25, 0.3) is 7.82 Å². The first-order valence-electron chi connectivity index (χ1n) is 6.69. The second-order valence-corrected chi connectivity index (χ2v) is 6.46. The van der Waals surface area contributed by atoms with Crippen LogP contribution in [0.3, 0.4) is 0 Å². The van der Waals surface area contributed by atoms with Crippen LogP contribution in [0.15, 0.2) is 12.7 Å². The summed E-state index contributed by atoms with van der Waals surface area (Å²) in [6.45, 7) is -0.351. The Hall–Kier alpha value is -1.62. The van der Waals surface area contributed by atoms with Crippen LogP contribution in [0.2, 0.25) is 0 Å². The number of anilines is 1. The van der Waals surface area contributed by atoms with Crippen LogP contribution in [0.1, 0.15) is 12.6 Å². The molecule has 0 saturated carbocycles. The van der Waals surface area contributed by atoms with Gasteiger partial charge in [0.05, 0.1) is 19.0 Å². The van der Waals surface area contributed by atoms with Crippen molar-refractivity contribution in [3.05, 3.63) is 12.7 Å². The zero-order valence-corrected chi connectivity index (χ0v) is 13.0. The molecule has 3 rings (SSSR count). The summed E-state index contributed by atoms with van der Waals surface area (Å²) in [5.74, 6) is 0.236. The predicted molar refractivity (Wildman–Crippen MR) is 74.8 cm³/mol. The van der Waals surface area contributed by atoms with E-state index < -0.39 is 26.3 Å². The number of rotatable bonds is 5. The molecule has 3 heterocycles. The maximum atomic E-state index is 11.2. The summed E-state index contributed by atoms with van der Waals surface area (Å²) in [6.07, 6.45) is 0.687. The summed E-state index contributed by atoms with van der Waals surface area (Å²) < 4.78 is 27.2. The maximum absolute atomic E-state index is 11.2. The van der Waals surface area contributed by atoms with Crippen LogP contribution in [0.5, 0.6) is 0 Å². The van der Waals surface area contributed by atoms with Crippen LogP contribution >= 0.6 is 7.82 Å². The number of hydrogen-bond donors (Lipinski definition) is 2. The lowest BCUT2D eigenvalue weighted by atomic mass is 10.2. The van der Waals surface area contributed by atoms with Crippen molar-refractivity contribution in [2.75, 3.05) is 19.5 Å². The molecule has 3 N–H and O–H groups in total. The Labute approximate surface area is 130 Å². The zero-order valence-electron chi connectivity index (χ0n) is 12.1. The minimum atomic E-state index is -4.38. The average molecular weight is 344 g/mol. The number of nitrogen functional groups attached to an aromatic ring is 1. The fourth-order valence-corrected chi connectivity index (χ4v) is 2.77. The summed E-state index contributed by atoms with van der Waals surface area (Å²) in [5, 5.41) is 10.0. The van der Waals surface area contributed by atoms with E-state index in [1.54, 1.807) is 4.57 Å². The van der Waals surface area contributed by atoms with Crippen LogP contribution in [-0.2, 0) is 18.3 Å². The summed E-state index contributed by atoms with van der Waals surface area (Å²) in [4.78, 5) is 23.2. The highest BCUT2D eigenvalue weighted by molar-refractivity contribution is 7.45. The Morgan fingerprint density at radius 2 is 2.35 bits per heavy atom. The quantitative estimate of drug-likeness (QED) is 0.657. The maximum Gasteiger partial charge on any atom is 0.267 e.